The molecule has 2 aromatic rings. The van der Waals surface area contributed by atoms with Gasteiger partial charge in [0.2, 0.25) is 0 Å². The molecule has 0 aliphatic carbocycles. The summed E-state index contributed by atoms with van der Waals surface area (Å²) in [5.41, 5.74) is 0.894. The van der Waals surface area contributed by atoms with Crippen LogP contribution in [-0.4, -0.2) is 19.0 Å². The van der Waals surface area contributed by atoms with E-state index in [1.54, 1.807) is 30.3 Å². The number of nitrogens with zero attached hydrogens (tertiary/aromatic N) is 1. The molecule has 0 aliphatic rings. The smallest absolute Gasteiger partial charge is 0.308 e. The third-order valence-electron chi connectivity index (χ3n) is 3.30. The molecule has 0 heterocycles. The van der Waals surface area contributed by atoms with Crippen LogP contribution in [0.15, 0.2) is 46.4 Å². The van der Waals surface area contributed by atoms with Gasteiger partial charge in [-0.1, -0.05) is 27.5 Å². The van der Waals surface area contributed by atoms with Crippen LogP contribution in [-0.2, 0) is 9.59 Å². The SMILES string of the molecule is COc1cc(/C=C(/C#N)C(=O)Nc2ccc(Cl)cc2)c(Br)cc1OC(C)=O. The van der Waals surface area contributed by atoms with E-state index in [4.69, 9.17) is 21.1 Å². The molecule has 6 nitrogen and oxygen atoms in total. The van der Waals surface area contributed by atoms with Crippen molar-refractivity contribution in [1.29, 1.82) is 5.26 Å². The fourth-order valence-electron chi connectivity index (χ4n) is 2.09. The lowest BCUT2D eigenvalue weighted by Gasteiger charge is -2.11. The molecule has 0 spiro atoms. The summed E-state index contributed by atoms with van der Waals surface area (Å²) in [6.07, 6.45) is 1.40. The van der Waals surface area contributed by atoms with Crippen LogP contribution in [0.1, 0.15) is 12.5 Å². The van der Waals surface area contributed by atoms with Gasteiger partial charge >= 0.3 is 5.97 Å². The number of anilines is 1. The average Bonchev–Trinajstić information content (AvgIpc) is 2.62. The van der Waals surface area contributed by atoms with E-state index < -0.39 is 11.9 Å². The first-order chi connectivity index (χ1) is 12.8. The molecule has 1 N–H and O–H groups in total. The molecule has 2 aromatic carbocycles. The molecular formula is C19H14BrClN2O4. The van der Waals surface area contributed by atoms with E-state index in [0.717, 1.165) is 0 Å². The Balaban J connectivity index is 2.33. The second-order valence-electron chi connectivity index (χ2n) is 5.25. The summed E-state index contributed by atoms with van der Waals surface area (Å²) in [5.74, 6) is -0.563. The highest BCUT2D eigenvalue weighted by molar-refractivity contribution is 9.10. The lowest BCUT2D eigenvalue weighted by Crippen LogP contribution is -2.13. The molecule has 0 saturated carbocycles. The van der Waals surface area contributed by atoms with Crippen molar-refractivity contribution in [2.24, 2.45) is 0 Å². The maximum absolute atomic E-state index is 12.4. The number of ether oxygens (including phenoxy) is 2. The van der Waals surface area contributed by atoms with Crippen LogP contribution in [0, 0.1) is 11.3 Å². The molecule has 0 bridgehead atoms. The van der Waals surface area contributed by atoms with E-state index >= 15 is 0 Å². The van der Waals surface area contributed by atoms with E-state index in [1.165, 1.54) is 26.2 Å². The molecule has 0 unspecified atom stereocenters. The fraction of sp³-hybridized carbons (Fsp3) is 0.105. The molecule has 0 fully saturated rings. The zero-order valence-electron chi connectivity index (χ0n) is 14.4. The number of esters is 1. The second-order valence-corrected chi connectivity index (χ2v) is 6.54. The molecule has 1 amide bonds. The van der Waals surface area contributed by atoms with Gasteiger partial charge in [-0.25, -0.2) is 0 Å². The maximum Gasteiger partial charge on any atom is 0.308 e. The Kier molecular flexibility index (Phi) is 6.99. The van der Waals surface area contributed by atoms with Gasteiger partial charge in [0.05, 0.1) is 7.11 Å². The van der Waals surface area contributed by atoms with E-state index in [0.29, 0.717) is 20.7 Å². The number of rotatable bonds is 5. The fourth-order valence-corrected chi connectivity index (χ4v) is 2.65. The number of carbonyl (C=O) groups excluding carboxylic acids is 2. The molecule has 0 radical (unpaired) electrons. The summed E-state index contributed by atoms with van der Waals surface area (Å²) >= 11 is 9.15. The first kappa shape index (κ1) is 20.5. The number of nitriles is 1. The number of nitrogens with one attached hydrogen (secondary N) is 1. The summed E-state index contributed by atoms with van der Waals surface area (Å²) in [7, 11) is 1.42. The number of hydrogen-bond donors (Lipinski definition) is 1. The summed E-state index contributed by atoms with van der Waals surface area (Å²) in [5, 5.41) is 12.5. The summed E-state index contributed by atoms with van der Waals surface area (Å²) in [6, 6.07) is 11.5. The minimum Gasteiger partial charge on any atom is -0.493 e. The number of carbonyl (C=O) groups is 2. The van der Waals surface area contributed by atoms with Crippen molar-refractivity contribution in [2.75, 3.05) is 12.4 Å². The van der Waals surface area contributed by atoms with Crippen LogP contribution >= 0.6 is 27.5 Å². The Morgan fingerprint density at radius 2 is 1.89 bits per heavy atom. The van der Waals surface area contributed by atoms with Gasteiger partial charge in [-0.2, -0.15) is 5.26 Å². The van der Waals surface area contributed by atoms with Crippen LogP contribution in [0.4, 0.5) is 5.69 Å². The number of halogens is 2. The molecule has 0 aliphatic heterocycles. The third-order valence-corrected chi connectivity index (χ3v) is 4.24. The standard InChI is InChI=1S/C19H14BrClN2O4/c1-11(24)27-18-9-16(20)12(8-17(18)26-2)7-13(10-22)19(25)23-15-5-3-14(21)4-6-15/h3-9H,1-2H3,(H,23,25)/b13-7-. The first-order valence-electron chi connectivity index (χ1n) is 7.58. The quantitative estimate of drug-likeness (QED) is 0.312. The molecule has 138 valence electrons. The van der Waals surface area contributed by atoms with Crippen LogP contribution < -0.4 is 14.8 Å². The van der Waals surface area contributed by atoms with Crippen molar-refractivity contribution < 1.29 is 19.1 Å². The highest BCUT2D eigenvalue weighted by Gasteiger charge is 2.14. The summed E-state index contributed by atoms with van der Waals surface area (Å²) in [6.45, 7) is 1.27. The molecule has 0 aromatic heterocycles. The summed E-state index contributed by atoms with van der Waals surface area (Å²) in [4.78, 5) is 23.5. The van der Waals surface area contributed by atoms with Gasteiger partial charge in [-0.05, 0) is 48.0 Å². The van der Waals surface area contributed by atoms with Crippen LogP contribution in [0.5, 0.6) is 11.5 Å². The minimum absolute atomic E-state index is 0.118. The average molecular weight is 450 g/mol. The zero-order chi connectivity index (χ0) is 20.0. The van der Waals surface area contributed by atoms with Crippen molar-refractivity contribution in [3.05, 3.63) is 57.0 Å². The Hall–Kier alpha value is -2.82. The van der Waals surface area contributed by atoms with Crippen LogP contribution in [0.25, 0.3) is 6.08 Å². The minimum atomic E-state index is -0.574. The second kappa shape index (κ2) is 9.21. The molecule has 2 rings (SSSR count). The molecule has 0 atom stereocenters. The predicted octanol–water partition coefficient (Wildman–Crippen LogP) is 4.58. The number of methoxy groups -OCH3 is 1. The van der Waals surface area contributed by atoms with Crippen LogP contribution in [0.3, 0.4) is 0 Å². The molecular weight excluding hydrogens is 436 g/mol. The lowest BCUT2D eigenvalue weighted by molar-refractivity contribution is -0.132. The van der Waals surface area contributed by atoms with E-state index in [1.807, 2.05) is 6.07 Å². The van der Waals surface area contributed by atoms with Gasteiger partial charge in [-0.3, -0.25) is 9.59 Å². The largest absolute Gasteiger partial charge is 0.493 e. The van der Waals surface area contributed by atoms with Gasteiger partial charge in [0, 0.05) is 22.1 Å². The van der Waals surface area contributed by atoms with E-state index in [-0.39, 0.29) is 17.1 Å². The first-order valence-corrected chi connectivity index (χ1v) is 8.75. The van der Waals surface area contributed by atoms with Gasteiger partial charge < -0.3 is 14.8 Å². The van der Waals surface area contributed by atoms with Crippen molar-refractivity contribution in [3.63, 3.8) is 0 Å². The Labute approximate surface area is 169 Å². The highest BCUT2D eigenvalue weighted by Crippen LogP contribution is 2.34. The van der Waals surface area contributed by atoms with Gasteiger partial charge in [-0.15, -0.1) is 0 Å². The number of hydrogen-bond acceptors (Lipinski definition) is 5. The van der Waals surface area contributed by atoms with Crippen molar-refractivity contribution >= 4 is 51.2 Å². The van der Waals surface area contributed by atoms with Gasteiger partial charge in [0.25, 0.3) is 5.91 Å². The normalized spacial score (nSPS) is 10.7. The lowest BCUT2D eigenvalue weighted by atomic mass is 10.1. The molecule has 27 heavy (non-hydrogen) atoms. The van der Waals surface area contributed by atoms with Crippen molar-refractivity contribution in [3.8, 4) is 17.6 Å². The van der Waals surface area contributed by atoms with Crippen molar-refractivity contribution in [1.82, 2.24) is 0 Å². The predicted molar refractivity (Wildman–Crippen MR) is 106 cm³/mol. The third kappa shape index (κ3) is 5.58. The Bertz CT molecular complexity index is 949. The highest BCUT2D eigenvalue weighted by atomic mass is 79.9. The molecule has 8 heteroatoms. The zero-order valence-corrected chi connectivity index (χ0v) is 16.7. The maximum atomic E-state index is 12.4. The summed E-state index contributed by atoms with van der Waals surface area (Å²) < 4.78 is 10.8. The van der Waals surface area contributed by atoms with Crippen molar-refractivity contribution in [2.45, 2.75) is 6.92 Å². The topological polar surface area (TPSA) is 88.4 Å². The van der Waals surface area contributed by atoms with Crippen LogP contribution in [0.2, 0.25) is 5.02 Å². The van der Waals surface area contributed by atoms with Gasteiger partial charge in [0.1, 0.15) is 11.6 Å². The number of benzene rings is 2. The monoisotopic (exact) mass is 448 g/mol. The number of amides is 1. The Morgan fingerprint density at radius 1 is 1.22 bits per heavy atom. The van der Waals surface area contributed by atoms with E-state index in [9.17, 15) is 14.9 Å². The van der Waals surface area contributed by atoms with E-state index in [2.05, 4.69) is 21.2 Å². The Morgan fingerprint density at radius 3 is 2.44 bits per heavy atom. The van der Waals surface area contributed by atoms with Gasteiger partial charge in [0.15, 0.2) is 11.5 Å². The molecule has 0 saturated heterocycles.